The van der Waals surface area contributed by atoms with Crippen LogP contribution in [-0.2, 0) is 4.79 Å². The van der Waals surface area contributed by atoms with Crippen molar-refractivity contribution >= 4 is 28.3 Å². The van der Waals surface area contributed by atoms with E-state index >= 15 is 0 Å². The molecule has 2 aliphatic rings. The Labute approximate surface area is 178 Å². The predicted molar refractivity (Wildman–Crippen MR) is 114 cm³/mol. The maximum atomic E-state index is 12.6. The molecule has 1 atom stereocenters. The fourth-order valence-electron chi connectivity index (χ4n) is 3.75. The number of anilines is 2. The van der Waals surface area contributed by atoms with E-state index in [0.29, 0.717) is 33.6 Å². The molecule has 1 amide bonds. The molecule has 7 nitrogen and oxygen atoms in total. The van der Waals surface area contributed by atoms with Gasteiger partial charge < -0.3 is 15.4 Å². The molecular formula is C23H21N5O2. The molecule has 2 fully saturated rings. The number of carbonyl (C=O) groups excluding carboxylic acids is 1. The summed E-state index contributed by atoms with van der Waals surface area (Å²) in [6.07, 6.45) is 7.75. The maximum absolute atomic E-state index is 12.6. The summed E-state index contributed by atoms with van der Waals surface area (Å²) in [5.74, 6) is 7.25. The fraction of sp³-hybridized carbons (Fsp3) is 0.304. The first-order valence-corrected chi connectivity index (χ1v) is 9.66. The highest BCUT2D eigenvalue weighted by atomic mass is 16.5. The van der Waals surface area contributed by atoms with E-state index in [2.05, 4.69) is 37.4 Å². The normalized spacial score (nSPS) is 19.6. The number of aromatic nitrogens is 3. The molecule has 1 unspecified atom stereocenters. The van der Waals surface area contributed by atoms with Crippen molar-refractivity contribution in [3.63, 3.8) is 0 Å². The fourth-order valence-corrected chi connectivity index (χ4v) is 3.75. The van der Waals surface area contributed by atoms with Crippen LogP contribution in [-0.4, -0.2) is 34.9 Å². The molecule has 2 saturated carbocycles. The van der Waals surface area contributed by atoms with Gasteiger partial charge in [-0.25, -0.2) is 15.0 Å². The zero-order chi connectivity index (χ0) is 23.2. The Balaban J connectivity index is 1.50. The van der Waals surface area contributed by atoms with Crippen molar-refractivity contribution in [2.45, 2.75) is 19.3 Å². The highest BCUT2D eigenvalue weighted by molar-refractivity contribution is 6.00. The lowest BCUT2D eigenvalue weighted by Gasteiger charge is -2.09. The number of hydrogen-bond donors (Lipinski definition) is 2. The van der Waals surface area contributed by atoms with Gasteiger partial charge in [0.25, 0.3) is 0 Å². The number of rotatable bonds is 4. The summed E-state index contributed by atoms with van der Waals surface area (Å²) >= 11 is 0. The van der Waals surface area contributed by atoms with Crippen LogP contribution in [0.15, 0.2) is 36.8 Å². The molecule has 3 aromatic heterocycles. The first kappa shape index (κ1) is 15.2. The van der Waals surface area contributed by atoms with Crippen LogP contribution < -0.4 is 15.4 Å². The van der Waals surface area contributed by atoms with Crippen molar-refractivity contribution in [3.05, 3.63) is 48.0 Å². The van der Waals surface area contributed by atoms with Crippen LogP contribution in [0.3, 0.4) is 0 Å². The van der Waals surface area contributed by atoms with Crippen LogP contribution in [0.2, 0.25) is 0 Å². The largest absolute Gasteiger partial charge is 0.495 e. The molecule has 3 aromatic rings. The minimum absolute atomic E-state index is 0.0238. The molecule has 30 heavy (non-hydrogen) atoms. The minimum Gasteiger partial charge on any atom is -0.495 e. The minimum atomic E-state index is -2.42. The highest BCUT2D eigenvalue weighted by Crippen LogP contribution is 2.70. The lowest BCUT2D eigenvalue weighted by Crippen LogP contribution is -2.16. The predicted octanol–water partition coefficient (Wildman–Crippen LogP) is 3.21. The molecule has 0 radical (unpaired) electrons. The molecular weight excluding hydrogens is 378 g/mol. The van der Waals surface area contributed by atoms with Crippen LogP contribution in [0.5, 0.6) is 5.75 Å². The Kier molecular flexibility index (Phi) is 3.55. The first-order valence-electron chi connectivity index (χ1n) is 11.2. The molecule has 1 spiro atoms. The Morgan fingerprint density at radius 3 is 2.80 bits per heavy atom. The first-order chi connectivity index (χ1) is 15.8. The van der Waals surface area contributed by atoms with Crippen molar-refractivity contribution < 1.29 is 13.6 Å². The summed E-state index contributed by atoms with van der Waals surface area (Å²) in [7, 11) is 1.56. The van der Waals surface area contributed by atoms with Crippen molar-refractivity contribution in [1.82, 2.24) is 15.0 Å². The number of pyridine rings is 3. The molecule has 0 aliphatic heterocycles. The molecule has 2 aliphatic carbocycles. The number of ether oxygens (including phenoxy) is 1. The smallest absolute Gasteiger partial charge is 0.229 e. The summed E-state index contributed by atoms with van der Waals surface area (Å²) in [5.41, 5.74) is 1.34. The summed E-state index contributed by atoms with van der Waals surface area (Å²) in [4.78, 5) is 25.4. The zero-order valence-corrected chi connectivity index (χ0v) is 16.3. The van der Waals surface area contributed by atoms with Crippen molar-refractivity contribution in [1.29, 1.82) is 0 Å². The summed E-state index contributed by atoms with van der Waals surface area (Å²) in [6.45, 7) is -2.42. The van der Waals surface area contributed by atoms with Crippen LogP contribution >= 0.6 is 0 Å². The molecule has 5 rings (SSSR count). The number of amides is 1. The van der Waals surface area contributed by atoms with Gasteiger partial charge in [0, 0.05) is 40.2 Å². The summed E-state index contributed by atoms with van der Waals surface area (Å²) in [6, 6.07) is 5.20. The second kappa shape index (κ2) is 6.99. The average molecular weight is 402 g/mol. The highest BCUT2D eigenvalue weighted by Gasteiger charge is 2.65. The standard InChI is InChI=1S/C23H21N5O2/c1-24-21-18-13-26-20(28-22(29)19-10-23(19)7-8-23)9-17(18)14(11-27-21)3-4-15-5-6-16(30-2)12-25-15/h5-6,9,11-13,19H,7-8,10H2,1-2H3,(H,24,27)(H,26,28,29)/i1D3. The third kappa shape index (κ3) is 3.30. The third-order valence-electron chi connectivity index (χ3n) is 5.84. The lowest BCUT2D eigenvalue weighted by molar-refractivity contribution is -0.117. The van der Waals surface area contributed by atoms with Gasteiger partial charge >= 0.3 is 0 Å². The molecule has 0 aromatic carbocycles. The number of fused-ring (bicyclic) bond motifs is 1. The van der Waals surface area contributed by atoms with Gasteiger partial charge in [0.2, 0.25) is 5.91 Å². The second-order valence-corrected chi connectivity index (χ2v) is 7.70. The number of nitrogens with one attached hydrogen (secondary N) is 2. The quantitative estimate of drug-likeness (QED) is 0.652. The molecule has 7 heteroatoms. The summed E-state index contributed by atoms with van der Waals surface area (Å²) < 4.78 is 27.7. The number of carbonyl (C=O) groups is 1. The van der Waals surface area contributed by atoms with Crippen LogP contribution in [0.1, 0.15) is 34.6 Å². The van der Waals surface area contributed by atoms with E-state index in [0.717, 1.165) is 19.3 Å². The van der Waals surface area contributed by atoms with E-state index in [1.807, 2.05) is 0 Å². The van der Waals surface area contributed by atoms with E-state index in [1.54, 1.807) is 31.5 Å². The molecule has 0 bridgehead atoms. The van der Waals surface area contributed by atoms with Gasteiger partial charge in [-0.2, -0.15) is 0 Å². The molecule has 0 saturated heterocycles. The monoisotopic (exact) mass is 402 g/mol. The Morgan fingerprint density at radius 1 is 1.20 bits per heavy atom. The van der Waals surface area contributed by atoms with E-state index in [-0.39, 0.29) is 23.1 Å². The van der Waals surface area contributed by atoms with Gasteiger partial charge in [0.15, 0.2) is 0 Å². The van der Waals surface area contributed by atoms with Gasteiger partial charge in [0.05, 0.1) is 18.9 Å². The van der Waals surface area contributed by atoms with Gasteiger partial charge in [-0.3, -0.25) is 4.79 Å². The Bertz CT molecular complexity index is 1310. The van der Waals surface area contributed by atoms with E-state index in [1.165, 1.54) is 12.4 Å². The molecule has 150 valence electrons. The number of methoxy groups -OCH3 is 1. The Hall–Kier alpha value is -3.66. The lowest BCUT2D eigenvalue weighted by atomic mass is 10.1. The van der Waals surface area contributed by atoms with Crippen LogP contribution in [0.4, 0.5) is 11.6 Å². The van der Waals surface area contributed by atoms with Crippen molar-refractivity contribution in [3.8, 4) is 17.6 Å². The van der Waals surface area contributed by atoms with Gasteiger partial charge in [-0.05, 0) is 48.8 Å². The second-order valence-electron chi connectivity index (χ2n) is 7.70. The van der Waals surface area contributed by atoms with Crippen LogP contribution in [0.25, 0.3) is 10.8 Å². The van der Waals surface area contributed by atoms with Gasteiger partial charge in [-0.15, -0.1) is 0 Å². The average Bonchev–Trinajstić information content (AvgIpc) is 3.71. The van der Waals surface area contributed by atoms with Gasteiger partial charge in [0.1, 0.15) is 23.1 Å². The summed E-state index contributed by atoms with van der Waals surface area (Å²) in [5, 5.41) is 6.44. The van der Waals surface area contributed by atoms with E-state index in [9.17, 15) is 4.79 Å². The maximum Gasteiger partial charge on any atom is 0.229 e. The SMILES string of the molecule is [2H]C([2H])([2H])Nc1ncc(C#Cc2ccc(OC)cn2)c2cc(NC(=O)C3CC34CC4)ncc12. The van der Waals surface area contributed by atoms with E-state index < -0.39 is 6.98 Å². The Morgan fingerprint density at radius 2 is 2.10 bits per heavy atom. The third-order valence-corrected chi connectivity index (χ3v) is 5.84. The number of hydrogen-bond acceptors (Lipinski definition) is 6. The van der Waals surface area contributed by atoms with Crippen molar-refractivity contribution in [2.75, 3.05) is 24.7 Å². The van der Waals surface area contributed by atoms with E-state index in [4.69, 9.17) is 8.85 Å². The molecule has 3 heterocycles. The number of nitrogens with zero attached hydrogens (tertiary/aromatic N) is 3. The zero-order valence-electron chi connectivity index (χ0n) is 19.3. The topological polar surface area (TPSA) is 89.0 Å². The van der Waals surface area contributed by atoms with Crippen LogP contribution in [0, 0.1) is 23.2 Å². The van der Waals surface area contributed by atoms with Crippen molar-refractivity contribution in [2.24, 2.45) is 11.3 Å². The molecule has 2 N–H and O–H groups in total. The van der Waals surface area contributed by atoms with Gasteiger partial charge in [-0.1, -0.05) is 5.92 Å².